The van der Waals surface area contributed by atoms with Crippen molar-refractivity contribution in [2.45, 2.75) is 0 Å². The van der Waals surface area contributed by atoms with Gasteiger partial charge in [0.2, 0.25) is 5.82 Å². The molecule has 0 radical (unpaired) electrons. The summed E-state index contributed by atoms with van der Waals surface area (Å²) in [5.74, 6) is 0.610. The summed E-state index contributed by atoms with van der Waals surface area (Å²) in [6.07, 6.45) is 1.50. The number of aromatic hydroxyl groups is 1. The van der Waals surface area contributed by atoms with E-state index in [9.17, 15) is 5.11 Å². The van der Waals surface area contributed by atoms with E-state index in [0.29, 0.717) is 22.1 Å². The molecule has 0 amide bonds. The van der Waals surface area contributed by atoms with Crippen molar-refractivity contribution in [2.75, 3.05) is 0 Å². The Morgan fingerprint density at radius 1 is 1.20 bits per heavy atom. The monoisotopic (exact) mass is 351 g/mol. The predicted octanol–water partition coefficient (Wildman–Crippen LogP) is 3.92. The van der Waals surface area contributed by atoms with Gasteiger partial charge in [0.1, 0.15) is 11.4 Å². The van der Waals surface area contributed by atoms with Crippen LogP contribution < -0.4 is 0 Å². The second-order valence-corrected chi connectivity index (χ2v) is 5.30. The van der Waals surface area contributed by atoms with E-state index in [1.807, 2.05) is 0 Å². The topological polar surface area (TPSA) is 72.0 Å². The fourth-order valence-corrected chi connectivity index (χ4v) is 2.10. The third-order valence-electron chi connectivity index (χ3n) is 2.57. The highest BCUT2D eigenvalue weighted by Gasteiger charge is 2.15. The van der Waals surface area contributed by atoms with E-state index in [1.54, 1.807) is 30.3 Å². The maximum atomic E-state index is 9.82. The molecule has 2 aromatic heterocycles. The van der Waals surface area contributed by atoms with Crippen LogP contribution >= 0.6 is 27.5 Å². The fourth-order valence-electron chi connectivity index (χ4n) is 1.62. The van der Waals surface area contributed by atoms with Crippen LogP contribution in [0.4, 0.5) is 0 Å². The first-order chi connectivity index (χ1) is 9.63. The van der Waals surface area contributed by atoms with Gasteiger partial charge in [-0.3, -0.25) is 4.98 Å². The summed E-state index contributed by atoms with van der Waals surface area (Å²) < 4.78 is 5.96. The van der Waals surface area contributed by atoms with Crippen molar-refractivity contribution in [3.8, 4) is 28.7 Å². The van der Waals surface area contributed by atoms with Crippen molar-refractivity contribution in [1.82, 2.24) is 15.1 Å². The van der Waals surface area contributed by atoms with Gasteiger partial charge < -0.3 is 9.63 Å². The summed E-state index contributed by atoms with van der Waals surface area (Å²) in [6, 6.07) is 8.34. The Morgan fingerprint density at radius 2 is 2.05 bits per heavy atom. The quantitative estimate of drug-likeness (QED) is 0.757. The molecule has 0 aliphatic heterocycles. The van der Waals surface area contributed by atoms with Gasteiger partial charge in [0.15, 0.2) is 0 Å². The molecule has 0 fully saturated rings. The Hall–Kier alpha value is -1.92. The Morgan fingerprint density at radius 3 is 2.80 bits per heavy atom. The van der Waals surface area contributed by atoms with E-state index < -0.39 is 0 Å². The minimum Gasteiger partial charge on any atom is -0.507 e. The highest BCUT2D eigenvalue weighted by molar-refractivity contribution is 9.10. The van der Waals surface area contributed by atoms with Gasteiger partial charge >= 0.3 is 0 Å². The van der Waals surface area contributed by atoms with Crippen LogP contribution in [0.2, 0.25) is 5.02 Å². The van der Waals surface area contributed by atoms with Gasteiger partial charge in [-0.15, -0.1) is 0 Å². The second kappa shape index (κ2) is 5.22. The summed E-state index contributed by atoms with van der Waals surface area (Å²) in [5, 5.41) is 14.2. The molecule has 2 heterocycles. The number of hydrogen-bond donors (Lipinski definition) is 1. The van der Waals surface area contributed by atoms with E-state index in [2.05, 4.69) is 31.1 Å². The molecule has 3 rings (SSSR count). The van der Waals surface area contributed by atoms with Crippen LogP contribution in [0.25, 0.3) is 23.0 Å². The van der Waals surface area contributed by atoms with Gasteiger partial charge in [-0.1, -0.05) is 32.7 Å². The molecule has 0 bridgehead atoms. The Labute approximate surface area is 127 Å². The number of halogens is 2. The minimum atomic E-state index is 0.0625. The second-order valence-electron chi connectivity index (χ2n) is 3.95. The van der Waals surface area contributed by atoms with E-state index in [-0.39, 0.29) is 11.6 Å². The van der Waals surface area contributed by atoms with Crippen molar-refractivity contribution >= 4 is 27.5 Å². The lowest BCUT2D eigenvalue weighted by Gasteiger charge is -1.99. The molecule has 0 aliphatic carbocycles. The van der Waals surface area contributed by atoms with Gasteiger partial charge in [0.05, 0.1) is 10.6 Å². The molecule has 0 atom stereocenters. The zero-order chi connectivity index (χ0) is 14.1. The number of hydrogen-bond acceptors (Lipinski definition) is 5. The summed E-state index contributed by atoms with van der Waals surface area (Å²) >= 11 is 9.10. The van der Waals surface area contributed by atoms with Gasteiger partial charge in [-0.05, 0) is 30.3 Å². The van der Waals surface area contributed by atoms with Crippen LogP contribution in [0.5, 0.6) is 5.75 Å². The lowest BCUT2D eigenvalue weighted by atomic mass is 10.2. The molecule has 0 saturated carbocycles. The van der Waals surface area contributed by atoms with Crippen LogP contribution in [0.15, 0.2) is 45.5 Å². The smallest absolute Gasteiger partial charge is 0.262 e. The average molecular weight is 353 g/mol. The third-order valence-corrected chi connectivity index (χ3v) is 3.29. The average Bonchev–Trinajstić information content (AvgIpc) is 2.92. The fraction of sp³-hybridized carbons (Fsp3) is 0. The highest BCUT2D eigenvalue weighted by Crippen LogP contribution is 2.31. The summed E-state index contributed by atoms with van der Waals surface area (Å²) in [4.78, 5) is 8.32. The Bertz CT molecular complexity index is 759. The molecule has 5 nitrogen and oxygen atoms in total. The van der Waals surface area contributed by atoms with Crippen LogP contribution in [-0.2, 0) is 0 Å². The summed E-state index contributed by atoms with van der Waals surface area (Å²) in [7, 11) is 0. The SMILES string of the molecule is Oc1ccc(Br)cc1-c1nc(-c2ccc(Cl)cn2)no1. The van der Waals surface area contributed by atoms with Gasteiger partial charge in [-0.25, -0.2) is 0 Å². The summed E-state index contributed by atoms with van der Waals surface area (Å²) in [5.41, 5.74) is 0.992. The minimum absolute atomic E-state index is 0.0625. The maximum absolute atomic E-state index is 9.82. The molecule has 1 aromatic carbocycles. The van der Waals surface area contributed by atoms with Crippen LogP contribution in [0.3, 0.4) is 0 Å². The van der Waals surface area contributed by atoms with Crippen LogP contribution in [0.1, 0.15) is 0 Å². The molecule has 100 valence electrons. The number of nitrogens with zero attached hydrogens (tertiary/aromatic N) is 3. The first kappa shape index (κ1) is 13.1. The molecule has 0 saturated heterocycles. The number of phenols is 1. The molecule has 0 spiro atoms. The van der Waals surface area contributed by atoms with Gasteiger partial charge in [0, 0.05) is 10.7 Å². The normalized spacial score (nSPS) is 10.7. The molecule has 20 heavy (non-hydrogen) atoms. The lowest BCUT2D eigenvalue weighted by molar-refractivity contribution is 0.425. The predicted molar refractivity (Wildman–Crippen MR) is 77.3 cm³/mol. The highest BCUT2D eigenvalue weighted by atomic mass is 79.9. The van der Waals surface area contributed by atoms with Crippen LogP contribution in [0, 0.1) is 0 Å². The lowest BCUT2D eigenvalue weighted by Crippen LogP contribution is -1.85. The number of rotatable bonds is 2. The molecular weight excluding hydrogens is 346 g/mol. The number of benzene rings is 1. The van der Waals surface area contributed by atoms with E-state index in [0.717, 1.165) is 4.47 Å². The van der Waals surface area contributed by atoms with E-state index >= 15 is 0 Å². The first-order valence-electron chi connectivity index (χ1n) is 5.58. The molecule has 0 aliphatic rings. The van der Waals surface area contributed by atoms with E-state index in [1.165, 1.54) is 6.20 Å². The van der Waals surface area contributed by atoms with Gasteiger partial charge in [-0.2, -0.15) is 4.98 Å². The van der Waals surface area contributed by atoms with Crippen molar-refractivity contribution in [3.63, 3.8) is 0 Å². The zero-order valence-corrected chi connectivity index (χ0v) is 12.3. The largest absolute Gasteiger partial charge is 0.507 e. The summed E-state index contributed by atoms with van der Waals surface area (Å²) in [6.45, 7) is 0. The zero-order valence-electron chi connectivity index (χ0n) is 9.92. The van der Waals surface area contributed by atoms with Crippen molar-refractivity contribution < 1.29 is 9.63 Å². The van der Waals surface area contributed by atoms with Crippen molar-refractivity contribution in [2.24, 2.45) is 0 Å². The van der Waals surface area contributed by atoms with Crippen molar-refractivity contribution in [3.05, 3.63) is 46.0 Å². The molecule has 7 heteroatoms. The molecule has 3 aromatic rings. The van der Waals surface area contributed by atoms with Crippen LogP contribution in [-0.4, -0.2) is 20.2 Å². The number of pyridine rings is 1. The Kier molecular flexibility index (Phi) is 3.42. The van der Waals surface area contributed by atoms with Gasteiger partial charge in [0.25, 0.3) is 5.89 Å². The van der Waals surface area contributed by atoms with Crippen molar-refractivity contribution in [1.29, 1.82) is 0 Å². The molecular formula is C13H7BrClN3O2. The standard InChI is InChI=1S/C13H7BrClN3O2/c14-7-1-4-11(19)9(5-7)13-17-12(18-20-13)10-3-2-8(15)6-16-10/h1-6,19H. The number of phenolic OH excluding ortho intramolecular Hbond substituents is 1. The maximum Gasteiger partial charge on any atom is 0.262 e. The molecule has 0 unspecified atom stereocenters. The Balaban J connectivity index is 2.01. The third kappa shape index (κ3) is 2.52. The van der Waals surface area contributed by atoms with E-state index in [4.69, 9.17) is 16.1 Å². The number of aromatic nitrogens is 3. The first-order valence-corrected chi connectivity index (χ1v) is 6.75. The molecule has 1 N–H and O–H groups in total.